The molecule has 0 saturated heterocycles. The Morgan fingerprint density at radius 2 is 1.62 bits per heavy atom. The van der Waals surface area contributed by atoms with Crippen molar-refractivity contribution in [3.63, 3.8) is 0 Å². The third-order valence-corrected chi connectivity index (χ3v) is 3.85. The molecule has 0 bridgehead atoms. The lowest BCUT2D eigenvalue weighted by Crippen LogP contribution is -2.14. The number of anilines is 1. The number of methoxy groups -OCH3 is 3. The molecule has 0 unspecified atom stereocenters. The smallest absolute Gasteiger partial charge is 0.265 e. The maximum Gasteiger partial charge on any atom is 0.265 e. The van der Waals surface area contributed by atoms with E-state index in [0.717, 1.165) is 11.3 Å². The van der Waals surface area contributed by atoms with Crippen LogP contribution in [0.15, 0.2) is 53.2 Å². The average Bonchev–Trinajstić information content (AvgIpc) is 3.15. The van der Waals surface area contributed by atoms with Gasteiger partial charge in [-0.1, -0.05) is 23.4 Å². The number of hydrogen-bond acceptors (Lipinski definition) is 6. The van der Waals surface area contributed by atoms with Crippen LogP contribution in [0.25, 0.3) is 11.1 Å². The maximum absolute atomic E-state index is 12.8. The van der Waals surface area contributed by atoms with E-state index in [1.165, 1.54) is 20.4 Å². The molecule has 0 radical (unpaired) electrons. The van der Waals surface area contributed by atoms with Crippen LogP contribution in [0.4, 0.5) is 5.88 Å². The predicted molar refractivity (Wildman–Crippen MR) is 96.0 cm³/mol. The van der Waals surface area contributed by atoms with Crippen molar-refractivity contribution in [3.8, 4) is 28.4 Å². The Labute approximate surface area is 150 Å². The Bertz CT molecular complexity index is 880. The number of rotatable bonds is 6. The SMILES string of the molecule is COc1ccc(-c2cnoc2NC(=O)c2c(OC)cccc2OC)cc1. The van der Waals surface area contributed by atoms with E-state index in [0.29, 0.717) is 17.1 Å². The molecule has 0 atom stereocenters. The molecule has 2 aromatic carbocycles. The highest BCUT2D eigenvalue weighted by atomic mass is 16.5. The number of ether oxygens (including phenoxy) is 3. The summed E-state index contributed by atoms with van der Waals surface area (Å²) in [6.45, 7) is 0. The first kappa shape index (κ1) is 17.3. The number of nitrogens with zero attached hydrogens (tertiary/aromatic N) is 1. The number of aromatic nitrogens is 1. The summed E-state index contributed by atoms with van der Waals surface area (Å²) in [6, 6.07) is 12.4. The van der Waals surface area contributed by atoms with Gasteiger partial charge in [-0.3, -0.25) is 10.1 Å². The molecule has 0 spiro atoms. The molecule has 1 heterocycles. The molecule has 3 rings (SSSR count). The molecule has 1 aromatic heterocycles. The van der Waals surface area contributed by atoms with E-state index in [4.69, 9.17) is 18.7 Å². The lowest BCUT2D eigenvalue weighted by atomic mass is 10.1. The minimum Gasteiger partial charge on any atom is -0.497 e. The van der Waals surface area contributed by atoms with Crippen molar-refractivity contribution in [1.82, 2.24) is 5.16 Å². The Morgan fingerprint density at radius 1 is 0.962 bits per heavy atom. The van der Waals surface area contributed by atoms with E-state index < -0.39 is 5.91 Å². The van der Waals surface area contributed by atoms with Gasteiger partial charge in [0, 0.05) is 0 Å². The molecular formula is C19H18N2O5. The highest BCUT2D eigenvalue weighted by Gasteiger charge is 2.21. The zero-order chi connectivity index (χ0) is 18.5. The zero-order valence-electron chi connectivity index (χ0n) is 14.6. The Hall–Kier alpha value is -3.48. The summed E-state index contributed by atoms with van der Waals surface area (Å²) in [5.41, 5.74) is 1.75. The van der Waals surface area contributed by atoms with Crippen LogP contribution in [0.3, 0.4) is 0 Å². The van der Waals surface area contributed by atoms with Crippen LogP contribution in [0.2, 0.25) is 0 Å². The maximum atomic E-state index is 12.8. The van der Waals surface area contributed by atoms with Crippen molar-refractivity contribution >= 4 is 11.8 Å². The van der Waals surface area contributed by atoms with Gasteiger partial charge >= 0.3 is 0 Å². The second-order valence-electron chi connectivity index (χ2n) is 5.29. The molecular weight excluding hydrogens is 336 g/mol. The number of hydrogen-bond donors (Lipinski definition) is 1. The van der Waals surface area contributed by atoms with E-state index >= 15 is 0 Å². The van der Waals surface area contributed by atoms with Crippen LogP contribution >= 0.6 is 0 Å². The summed E-state index contributed by atoms with van der Waals surface area (Å²) in [5, 5.41) is 6.51. The topological polar surface area (TPSA) is 82.8 Å². The fraction of sp³-hybridized carbons (Fsp3) is 0.158. The lowest BCUT2D eigenvalue weighted by molar-refractivity contribution is 0.101. The second-order valence-corrected chi connectivity index (χ2v) is 5.29. The molecule has 7 nitrogen and oxygen atoms in total. The predicted octanol–water partition coefficient (Wildman–Crippen LogP) is 3.62. The highest BCUT2D eigenvalue weighted by Crippen LogP contribution is 2.32. The van der Waals surface area contributed by atoms with Crippen LogP contribution in [0.1, 0.15) is 10.4 Å². The molecule has 0 fully saturated rings. The fourth-order valence-electron chi connectivity index (χ4n) is 2.55. The summed E-state index contributed by atoms with van der Waals surface area (Å²) in [4.78, 5) is 12.8. The molecule has 26 heavy (non-hydrogen) atoms. The van der Waals surface area contributed by atoms with Gasteiger partial charge in [0.05, 0.1) is 33.1 Å². The molecule has 0 aliphatic heterocycles. The molecule has 3 aromatic rings. The van der Waals surface area contributed by atoms with Gasteiger partial charge in [0.2, 0.25) is 5.88 Å². The van der Waals surface area contributed by atoms with Crippen molar-refractivity contribution < 1.29 is 23.5 Å². The van der Waals surface area contributed by atoms with Crippen LogP contribution < -0.4 is 19.5 Å². The van der Waals surface area contributed by atoms with Crippen molar-refractivity contribution in [3.05, 3.63) is 54.2 Å². The van der Waals surface area contributed by atoms with Crippen LogP contribution in [0, 0.1) is 0 Å². The second kappa shape index (κ2) is 7.60. The molecule has 1 N–H and O–H groups in total. The lowest BCUT2D eigenvalue weighted by Gasteiger charge is -2.12. The first-order valence-electron chi connectivity index (χ1n) is 7.79. The Balaban J connectivity index is 1.91. The summed E-state index contributed by atoms with van der Waals surface area (Å²) >= 11 is 0. The van der Waals surface area contributed by atoms with E-state index in [1.54, 1.807) is 25.3 Å². The molecule has 0 aliphatic carbocycles. The zero-order valence-corrected chi connectivity index (χ0v) is 14.6. The van der Waals surface area contributed by atoms with Gasteiger partial charge in [-0.15, -0.1) is 0 Å². The van der Waals surface area contributed by atoms with Crippen molar-refractivity contribution in [1.29, 1.82) is 0 Å². The summed E-state index contributed by atoms with van der Waals surface area (Å²) in [5.74, 6) is 1.33. The number of benzene rings is 2. The first-order chi connectivity index (χ1) is 12.7. The third-order valence-electron chi connectivity index (χ3n) is 3.85. The van der Waals surface area contributed by atoms with Crippen LogP contribution in [-0.4, -0.2) is 32.4 Å². The number of carbonyl (C=O) groups excluding carboxylic acids is 1. The molecule has 0 aliphatic rings. The largest absolute Gasteiger partial charge is 0.497 e. The van der Waals surface area contributed by atoms with Gasteiger partial charge in [-0.2, -0.15) is 0 Å². The normalized spacial score (nSPS) is 10.3. The number of carbonyl (C=O) groups is 1. The van der Waals surface area contributed by atoms with Crippen molar-refractivity contribution in [2.75, 3.05) is 26.6 Å². The molecule has 1 amide bonds. The molecule has 134 valence electrons. The minimum atomic E-state index is -0.425. The monoisotopic (exact) mass is 354 g/mol. The first-order valence-corrected chi connectivity index (χ1v) is 7.79. The van der Waals surface area contributed by atoms with Gasteiger partial charge in [-0.05, 0) is 29.8 Å². The van der Waals surface area contributed by atoms with Gasteiger partial charge < -0.3 is 18.7 Å². The van der Waals surface area contributed by atoms with Gasteiger partial charge in [-0.25, -0.2) is 0 Å². The van der Waals surface area contributed by atoms with E-state index in [-0.39, 0.29) is 11.4 Å². The summed E-state index contributed by atoms with van der Waals surface area (Å²) in [6.07, 6.45) is 1.54. The fourth-order valence-corrected chi connectivity index (χ4v) is 2.55. The van der Waals surface area contributed by atoms with Crippen LogP contribution in [0.5, 0.6) is 17.2 Å². The van der Waals surface area contributed by atoms with Crippen molar-refractivity contribution in [2.24, 2.45) is 0 Å². The number of amides is 1. The Kier molecular flexibility index (Phi) is 5.07. The quantitative estimate of drug-likeness (QED) is 0.728. The van der Waals surface area contributed by atoms with Gasteiger partial charge in [0.15, 0.2) is 0 Å². The minimum absolute atomic E-state index is 0.230. The van der Waals surface area contributed by atoms with E-state index in [1.807, 2.05) is 24.3 Å². The van der Waals surface area contributed by atoms with Gasteiger partial charge in [0.1, 0.15) is 22.8 Å². The van der Waals surface area contributed by atoms with Gasteiger partial charge in [0.25, 0.3) is 5.91 Å². The molecule has 0 saturated carbocycles. The standard InChI is InChI=1S/C19H18N2O5/c1-23-13-9-7-12(8-10-13)14-11-20-26-19(14)21-18(22)17-15(24-2)5-4-6-16(17)25-3/h4-11H,1-3H3,(H,21,22). The van der Waals surface area contributed by atoms with Crippen molar-refractivity contribution in [2.45, 2.75) is 0 Å². The van der Waals surface area contributed by atoms with E-state index in [9.17, 15) is 4.79 Å². The summed E-state index contributed by atoms with van der Waals surface area (Å²) < 4.78 is 20.9. The Morgan fingerprint density at radius 3 is 2.19 bits per heavy atom. The molecule has 7 heteroatoms. The number of nitrogens with one attached hydrogen (secondary N) is 1. The van der Waals surface area contributed by atoms with Crippen LogP contribution in [-0.2, 0) is 0 Å². The summed E-state index contributed by atoms with van der Waals surface area (Å²) in [7, 11) is 4.58. The third kappa shape index (κ3) is 3.32. The van der Waals surface area contributed by atoms with E-state index in [2.05, 4.69) is 10.5 Å². The average molecular weight is 354 g/mol. The highest BCUT2D eigenvalue weighted by molar-refractivity contribution is 6.08.